The van der Waals surface area contributed by atoms with Crippen molar-refractivity contribution < 1.29 is 18.3 Å². The first-order valence-corrected chi connectivity index (χ1v) is 9.21. The van der Waals surface area contributed by atoms with Gasteiger partial charge in [0.25, 0.3) is 5.91 Å². The van der Waals surface area contributed by atoms with Gasteiger partial charge in [-0.15, -0.1) is 0 Å². The molecule has 0 fully saturated rings. The molecular weight excluding hydrogens is 390 g/mol. The number of nitrogens with one attached hydrogen (secondary N) is 1. The monoisotopic (exact) mass is 408 g/mol. The molecule has 0 aliphatic rings. The smallest absolute Gasteiger partial charge is 0.274 e. The minimum absolute atomic E-state index is 0.173. The van der Waals surface area contributed by atoms with Crippen LogP contribution in [0.3, 0.4) is 0 Å². The van der Waals surface area contributed by atoms with Crippen molar-refractivity contribution >= 4 is 17.2 Å². The molecule has 4 aromatic rings. The first-order chi connectivity index (χ1) is 14.5. The molecule has 3 aromatic heterocycles. The number of nitrogens with zero attached hydrogens (tertiary/aromatic N) is 3. The first kappa shape index (κ1) is 19.5. The molecule has 0 radical (unpaired) electrons. The second-order valence-electron chi connectivity index (χ2n) is 6.75. The van der Waals surface area contributed by atoms with Gasteiger partial charge in [-0.25, -0.2) is 13.8 Å². The summed E-state index contributed by atoms with van der Waals surface area (Å²) < 4.78 is 35.0. The number of aromatic nitrogens is 3. The number of hydrogen-bond donors (Lipinski definition) is 1. The lowest BCUT2D eigenvalue weighted by Gasteiger charge is -2.10. The van der Waals surface area contributed by atoms with Gasteiger partial charge in [0, 0.05) is 12.4 Å². The minimum atomic E-state index is -0.687. The largest absolute Gasteiger partial charge is 0.485 e. The molecule has 1 aromatic carbocycles. The summed E-state index contributed by atoms with van der Waals surface area (Å²) in [6, 6.07) is 8.74. The Balaban J connectivity index is 1.65. The summed E-state index contributed by atoms with van der Waals surface area (Å²) in [7, 11) is 0. The van der Waals surface area contributed by atoms with E-state index in [0.29, 0.717) is 28.5 Å². The van der Waals surface area contributed by atoms with Crippen LogP contribution in [0.25, 0.3) is 5.65 Å². The second-order valence-corrected chi connectivity index (χ2v) is 6.75. The molecule has 6 nitrogen and oxygen atoms in total. The summed E-state index contributed by atoms with van der Waals surface area (Å²) in [5, 5.41) is 2.84. The van der Waals surface area contributed by atoms with E-state index in [4.69, 9.17) is 4.74 Å². The molecule has 3 heterocycles. The number of benzene rings is 1. The van der Waals surface area contributed by atoms with Crippen LogP contribution in [0.1, 0.15) is 27.3 Å². The average Bonchev–Trinajstić information content (AvgIpc) is 3.06. The second kappa shape index (κ2) is 7.90. The Bertz CT molecular complexity index is 1230. The molecule has 30 heavy (non-hydrogen) atoms. The van der Waals surface area contributed by atoms with Crippen molar-refractivity contribution in [1.29, 1.82) is 0 Å². The lowest BCUT2D eigenvalue weighted by atomic mass is 10.2. The number of carbonyl (C=O) groups excluding carboxylic acids is 1. The van der Waals surface area contributed by atoms with E-state index in [1.54, 1.807) is 48.1 Å². The van der Waals surface area contributed by atoms with Crippen LogP contribution >= 0.6 is 0 Å². The number of rotatable bonds is 5. The fourth-order valence-electron chi connectivity index (χ4n) is 3.14. The number of hydrogen-bond acceptors (Lipinski definition) is 4. The summed E-state index contributed by atoms with van der Waals surface area (Å²) in [6.07, 6.45) is 4.90. The molecule has 152 valence electrons. The Morgan fingerprint density at radius 2 is 1.90 bits per heavy atom. The number of halogens is 2. The average molecular weight is 408 g/mol. The normalized spacial score (nSPS) is 10.9. The molecule has 0 saturated carbocycles. The van der Waals surface area contributed by atoms with Gasteiger partial charge in [-0.2, -0.15) is 0 Å². The van der Waals surface area contributed by atoms with Crippen molar-refractivity contribution in [3.63, 3.8) is 0 Å². The van der Waals surface area contributed by atoms with E-state index in [0.717, 1.165) is 5.56 Å². The standard InChI is InChI=1S/C22H18F2N4O2/c1-13-8-9-25-11-18(13)27-22(29)20-14(2)26-21-19(7-4-10-28(20)21)30-12-15-16(23)5-3-6-17(15)24/h3-11H,12H2,1-2H3,(H,27,29). The van der Waals surface area contributed by atoms with Crippen LogP contribution in [0.5, 0.6) is 5.75 Å². The third-order valence-electron chi connectivity index (χ3n) is 4.72. The SMILES string of the molecule is Cc1ccncc1NC(=O)c1c(C)nc2c(OCc3c(F)cccc3F)cccn12. The zero-order chi connectivity index (χ0) is 21.3. The Morgan fingerprint density at radius 1 is 1.13 bits per heavy atom. The third kappa shape index (κ3) is 3.59. The molecule has 0 aliphatic carbocycles. The number of amides is 1. The molecule has 0 bridgehead atoms. The number of imidazole rings is 1. The number of anilines is 1. The molecular formula is C22H18F2N4O2. The molecule has 1 amide bonds. The number of fused-ring (bicyclic) bond motifs is 1. The predicted molar refractivity (Wildman–Crippen MR) is 108 cm³/mol. The van der Waals surface area contributed by atoms with Crippen molar-refractivity contribution in [2.45, 2.75) is 20.5 Å². The highest BCUT2D eigenvalue weighted by Gasteiger charge is 2.20. The number of pyridine rings is 2. The zero-order valence-electron chi connectivity index (χ0n) is 16.3. The maximum atomic E-state index is 13.9. The molecule has 4 rings (SSSR count). The Kier molecular flexibility index (Phi) is 5.14. The van der Waals surface area contributed by atoms with E-state index < -0.39 is 11.6 Å². The quantitative estimate of drug-likeness (QED) is 0.530. The molecule has 0 atom stereocenters. The number of aryl methyl sites for hydroxylation is 2. The predicted octanol–water partition coefficient (Wildman–Crippen LogP) is 4.46. The Hall–Kier alpha value is -3.81. The summed E-state index contributed by atoms with van der Waals surface area (Å²) in [4.78, 5) is 21.4. The number of carbonyl (C=O) groups is 1. The van der Waals surface area contributed by atoms with Gasteiger partial charge in [0.05, 0.1) is 23.1 Å². The van der Waals surface area contributed by atoms with Gasteiger partial charge in [-0.05, 0) is 49.7 Å². The molecule has 0 aliphatic heterocycles. The summed E-state index contributed by atoms with van der Waals surface area (Å²) >= 11 is 0. The van der Waals surface area contributed by atoms with Crippen molar-refractivity contribution in [3.8, 4) is 5.75 Å². The molecule has 8 heteroatoms. The minimum Gasteiger partial charge on any atom is -0.485 e. The highest BCUT2D eigenvalue weighted by atomic mass is 19.1. The van der Waals surface area contributed by atoms with Crippen molar-refractivity contribution in [2.75, 3.05) is 5.32 Å². The molecule has 0 spiro atoms. The van der Waals surface area contributed by atoms with Crippen LogP contribution in [0.2, 0.25) is 0 Å². The van der Waals surface area contributed by atoms with Gasteiger partial charge in [-0.3, -0.25) is 14.2 Å². The van der Waals surface area contributed by atoms with Crippen LogP contribution in [0.4, 0.5) is 14.5 Å². The molecule has 0 saturated heterocycles. The van der Waals surface area contributed by atoms with Gasteiger partial charge in [-0.1, -0.05) is 6.07 Å². The fourth-order valence-corrected chi connectivity index (χ4v) is 3.14. The maximum absolute atomic E-state index is 13.9. The highest BCUT2D eigenvalue weighted by molar-refractivity contribution is 6.04. The van der Waals surface area contributed by atoms with Crippen LogP contribution < -0.4 is 10.1 Å². The lowest BCUT2D eigenvalue weighted by Crippen LogP contribution is -2.16. The summed E-state index contributed by atoms with van der Waals surface area (Å²) in [5.74, 6) is -1.42. The number of ether oxygens (including phenoxy) is 1. The van der Waals surface area contributed by atoms with Crippen molar-refractivity contribution in [3.05, 3.63) is 89.1 Å². The van der Waals surface area contributed by atoms with Gasteiger partial charge >= 0.3 is 0 Å². The van der Waals surface area contributed by atoms with Crippen LogP contribution in [-0.2, 0) is 6.61 Å². The topological polar surface area (TPSA) is 68.5 Å². The first-order valence-electron chi connectivity index (χ1n) is 9.21. The highest BCUT2D eigenvalue weighted by Crippen LogP contribution is 2.25. The lowest BCUT2D eigenvalue weighted by molar-refractivity contribution is 0.102. The summed E-state index contributed by atoms with van der Waals surface area (Å²) in [5.41, 5.74) is 2.49. The van der Waals surface area contributed by atoms with Crippen LogP contribution in [-0.4, -0.2) is 20.3 Å². The van der Waals surface area contributed by atoms with Crippen molar-refractivity contribution in [1.82, 2.24) is 14.4 Å². The van der Waals surface area contributed by atoms with E-state index in [-0.39, 0.29) is 18.1 Å². The van der Waals surface area contributed by atoms with Gasteiger partial charge < -0.3 is 10.1 Å². The van der Waals surface area contributed by atoms with E-state index in [1.165, 1.54) is 18.2 Å². The van der Waals surface area contributed by atoms with E-state index >= 15 is 0 Å². The third-order valence-corrected chi connectivity index (χ3v) is 4.72. The molecule has 1 N–H and O–H groups in total. The maximum Gasteiger partial charge on any atom is 0.274 e. The summed E-state index contributed by atoms with van der Waals surface area (Å²) in [6.45, 7) is 3.27. The van der Waals surface area contributed by atoms with Crippen LogP contribution in [0.15, 0.2) is 55.0 Å². The van der Waals surface area contributed by atoms with E-state index in [2.05, 4.69) is 15.3 Å². The van der Waals surface area contributed by atoms with Crippen LogP contribution in [0, 0.1) is 25.5 Å². The fraction of sp³-hybridized carbons (Fsp3) is 0.136. The Morgan fingerprint density at radius 3 is 2.63 bits per heavy atom. The zero-order valence-corrected chi connectivity index (χ0v) is 16.3. The van der Waals surface area contributed by atoms with Gasteiger partial charge in [0.15, 0.2) is 11.4 Å². The van der Waals surface area contributed by atoms with Crippen molar-refractivity contribution in [2.24, 2.45) is 0 Å². The Labute approximate surface area is 171 Å². The van der Waals surface area contributed by atoms with Gasteiger partial charge in [0.1, 0.15) is 23.9 Å². The van der Waals surface area contributed by atoms with E-state index in [1.807, 2.05) is 6.92 Å². The van der Waals surface area contributed by atoms with E-state index in [9.17, 15) is 13.6 Å². The van der Waals surface area contributed by atoms with Gasteiger partial charge in [0.2, 0.25) is 0 Å². The molecule has 0 unspecified atom stereocenters.